The predicted molar refractivity (Wildman–Crippen MR) is 56.7 cm³/mol. The van der Waals surface area contributed by atoms with Crippen LogP contribution in [0.1, 0.15) is 11.5 Å². The van der Waals surface area contributed by atoms with E-state index in [0.717, 1.165) is 10.0 Å². The highest BCUT2D eigenvalue weighted by atomic mass is 79.9. The van der Waals surface area contributed by atoms with E-state index in [1.165, 1.54) is 12.1 Å². The monoisotopic (exact) mass is 278 g/mol. The molecule has 2 unspecified atom stereocenters. The molecule has 2 atom stereocenters. The molecule has 0 amide bonds. The van der Waals surface area contributed by atoms with Crippen molar-refractivity contribution in [1.29, 1.82) is 0 Å². The molecule has 76 valence electrons. The van der Waals surface area contributed by atoms with E-state index >= 15 is 0 Å². The molecule has 1 aliphatic rings. The van der Waals surface area contributed by atoms with Gasteiger partial charge in [-0.3, -0.25) is 4.18 Å². The van der Waals surface area contributed by atoms with Gasteiger partial charge in [0.25, 0.3) is 0 Å². The number of ether oxygens (including phenoxy) is 1. The molecule has 14 heavy (non-hydrogen) atoms. The van der Waals surface area contributed by atoms with Crippen molar-refractivity contribution in [3.63, 3.8) is 0 Å². The van der Waals surface area contributed by atoms with Crippen molar-refractivity contribution in [2.24, 2.45) is 0 Å². The Morgan fingerprint density at radius 2 is 2.36 bits per heavy atom. The van der Waals surface area contributed by atoms with Gasteiger partial charge in [0, 0.05) is 4.47 Å². The van der Waals surface area contributed by atoms with E-state index < -0.39 is 0 Å². The molecule has 1 heterocycles. The number of hydrogen-bond donors (Lipinski definition) is 1. The van der Waals surface area contributed by atoms with Gasteiger partial charge in [0.05, 0.1) is 12.5 Å². The van der Waals surface area contributed by atoms with Gasteiger partial charge >= 0.3 is 0 Å². The van der Waals surface area contributed by atoms with Crippen LogP contribution >= 0.6 is 28.8 Å². The Morgan fingerprint density at radius 1 is 1.57 bits per heavy atom. The molecule has 0 aromatic heterocycles. The molecule has 0 N–H and O–H groups in total. The van der Waals surface area contributed by atoms with Crippen molar-refractivity contribution in [3.05, 3.63) is 34.1 Å². The molecular weight excluding hydrogens is 271 g/mol. The molecule has 0 bridgehead atoms. The van der Waals surface area contributed by atoms with E-state index in [2.05, 4.69) is 28.8 Å². The third kappa shape index (κ3) is 1.82. The first-order valence-corrected chi connectivity index (χ1v) is 5.25. The summed E-state index contributed by atoms with van der Waals surface area (Å²) < 4.78 is 23.5. The number of thiol groups is 1. The summed E-state index contributed by atoms with van der Waals surface area (Å²) in [6.45, 7) is 0.579. The number of halogens is 2. The van der Waals surface area contributed by atoms with Crippen LogP contribution in [-0.4, -0.2) is 12.9 Å². The van der Waals surface area contributed by atoms with Crippen LogP contribution in [0.5, 0.6) is 0 Å². The van der Waals surface area contributed by atoms with E-state index in [1.54, 1.807) is 6.07 Å². The highest BCUT2D eigenvalue weighted by Crippen LogP contribution is 2.36. The lowest BCUT2D eigenvalue weighted by Gasteiger charge is -2.35. The van der Waals surface area contributed by atoms with E-state index in [4.69, 9.17) is 8.92 Å². The van der Waals surface area contributed by atoms with Gasteiger partial charge in [-0.1, -0.05) is 22.0 Å². The maximum absolute atomic E-state index is 12.8. The third-order valence-electron chi connectivity index (χ3n) is 2.23. The van der Waals surface area contributed by atoms with Crippen molar-refractivity contribution in [2.75, 3.05) is 6.61 Å². The first kappa shape index (κ1) is 10.4. The fraction of sp³-hybridized carbons (Fsp3) is 0.333. The van der Waals surface area contributed by atoms with Crippen molar-refractivity contribution >= 4 is 28.8 Å². The van der Waals surface area contributed by atoms with E-state index in [9.17, 15) is 4.39 Å². The maximum Gasteiger partial charge on any atom is 0.179 e. The molecule has 0 saturated carbocycles. The van der Waals surface area contributed by atoms with Gasteiger partial charge < -0.3 is 4.74 Å². The van der Waals surface area contributed by atoms with Gasteiger partial charge in [-0.25, -0.2) is 4.39 Å². The molecule has 1 saturated heterocycles. The van der Waals surface area contributed by atoms with E-state index in [-0.39, 0.29) is 18.0 Å². The number of benzene rings is 1. The first-order valence-electron chi connectivity index (χ1n) is 4.09. The Labute approximate surface area is 95.1 Å². The minimum atomic E-state index is -0.333. The minimum absolute atomic E-state index is 0.127. The quantitative estimate of drug-likeness (QED) is 0.663. The average Bonchev–Trinajstić information content (AvgIpc) is 2.08. The van der Waals surface area contributed by atoms with Gasteiger partial charge in [-0.05, 0) is 30.6 Å². The Kier molecular flexibility index (Phi) is 3.11. The van der Waals surface area contributed by atoms with Gasteiger partial charge in [-0.15, -0.1) is 0 Å². The van der Waals surface area contributed by atoms with Crippen LogP contribution in [0.2, 0.25) is 0 Å². The fourth-order valence-corrected chi connectivity index (χ4v) is 2.27. The predicted octanol–water partition coefficient (Wildman–Crippen LogP) is 2.89. The Bertz CT molecular complexity index is 346. The zero-order valence-electron chi connectivity index (χ0n) is 7.11. The summed E-state index contributed by atoms with van der Waals surface area (Å²) in [6.07, 6.45) is -0.333. The molecule has 1 aromatic carbocycles. The largest absolute Gasteiger partial charge is 0.350 e. The summed E-state index contributed by atoms with van der Waals surface area (Å²) in [7, 11) is 0. The molecule has 1 aromatic rings. The second-order valence-electron chi connectivity index (χ2n) is 3.08. The molecule has 2 nitrogen and oxygen atoms in total. The Balaban J connectivity index is 2.24. The SMILES string of the molecule is Fc1ccc(C2COC2OS)c(Br)c1. The molecule has 5 heteroatoms. The van der Waals surface area contributed by atoms with Gasteiger partial charge in [0.2, 0.25) is 0 Å². The normalized spacial score (nSPS) is 25.9. The van der Waals surface area contributed by atoms with Crippen molar-refractivity contribution in [2.45, 2.75) is 12.2 Å². The minimum Gasteiger partial charge on any atom is -0.350 e. The second-order valence-corrected chi connectivity index (χ2v) is 4.14. The Morgan fingerprint density at radius 3 is 2.86 bits per heavy atom. The van der Waals surface area contributed by atoms with Crippen molar-refractivity contribution in [1.82, 2.24) is 0 Å². The molecule has 0 radical (unpaired) electrons. The van der Waals surface area contributed by atoms with Crippen LogP contribution in [0.3, 0.4) is 0 Å². The summed E-state index contributed by atoms with van der Waals surface area (Å²) in [5, 5.41) is 0. The Hall–Kier alpha value is -0.100. The fourth-order valence-electron chi connectivity index (χ4n) is 1.41. The van der Waals surface area contributed by atoms with E-state index in [0.29, 0.717) is 6.61 Å². The van der Waals surface area contributed by atoms with Crippen LogP contribution in [0.25, 0.3) is 0 Å². The summed E-state index contributed by atoms with van der Waals surface area (Å²) in [6, 6.07) is 4.59. The van der Waals surface area contributed by atoms with Gasteiger partial charge in [-0.2, -0.15) is 0 Å². The van der Waals surface area contributed by atoms with Gasteiger partial charge in [0.1, 0.15) is 5.82 Å². The van der Waals surface area contributed by atoms with Crippen molar-refractivity contribution in [3.8, 4) is 0 Å². The van der Waals surface area contributed by atoms with E-state index in [1.807, 2.05) is 0 Å². The lowest BCUT2D eigenvalue weighted by Crippen LogP contribution is -2.38. The van der Waals surface area contributed by atoms with Crippen LogP contribution in [0.4, 0.5) is 4.39 Å². The lowest BCUT2D eigenvalue weighted by atomic mass is 9.96. The van der Waals surface area contributed by atoms with Gasteiger partial charge in [0.15, 0.2) is 6.29 Å². The summed E-state index contributed by atoms with van der Waals surface area (Å²) in [5.41, 5.74) is 0.983. The summed E-state index contributed by atoms with van der Waals surface area (Å²) >= 11 is 7.00. The third-order valence-corrected chi connectivity index (χ3v) is 3.13. The molecule has 1 aliphatic heterocycles. The molecule has 0 spiro atoms. The summed E-state index contributed by atoms with van der Waals surface area (Å²) in [5.74, 6) is -0.133. The molecular formula is C9H8BrFO2S. The zero-order valence-corrected chi connectivity index (χ0v) is 9.59. The number of hydrogen-bond acceptors (Lipinski definition) is 3. The number of rotatable bonds is 2. The van der Waals surface area contributed by atoms with Crippen LogP contribution in [-0.2, 0) is 8.92 Å². The highest BCUT2D eigenvalue weighted by Gasteiger charge is 2.35. The maximum atomic E-state index is 12.8. The lowest BCUT2D eigenvalue weighted by molar-refractivity contribution is -0.177. The van der Waals surface area contributed by atoms with Crippen molar-refractivity contribution < 1.29 is 13.3 Å². The van der Waals surface area contributed by atoms with Crippen LogP contribution in [0, 0.1) is 5.82 Å². The molecule has 1 fully saturated rings. The first-order chi connectivity index (χ1) is 6.72. The van der Waals surface area contributed by atoms with Crippen LogP contribution < -0.4 is 0 Å². The van der Waals surface area contributed by atoms with Crippen LogP contribution in [0.15, 0.2) is 22.7 Å². The highest BCUT2D eigenvalue weighted by molar-refractivity contribution is 9.10. The summed E-state index contributed by atoms with van der Waals surface area (Å²) in [4.78, 5) is 0. The zero-order chi connectivity index (χ0) is 10.1. The molecule has 2 rings (SSSR count). The second kappa shape index (κ2) is 4.18. The standard InChI is InChI=1S/C9H8BrFO2S/c10-8-3-5(11)1-2-6(8)7-4-12-9(7)13-14/h1-3,7,9,14H,4H2. The smallest absolute Gasteiger partial charge is 0.179 e. The average molecular weight is 279 g/mol. The molecule has 0 aliphatic carbocycles. The topological polar surface area (TPSA) is 18.5 Å².